The molecule has 4 aliphatic rings. The number of β-lactam (4-membered cyclic amide) rings is 1. The Morgan fingerprint density at radius 2 is 1.35 bits per heavy atom. The van der Waals surface area contributed by atoms with Gasteiger partial charge in [-0.25, -0.2) is 14.6 Å². The summed E-state index contributed by atoms with van der Waals surface area (Å²) in [5.74, 6) is -3.00. The number of esters is 2. The van der Waals surface area contributed by atoms with E-state index in [4.69, 9.17) is 19.3 Å². The Balaban J connectivity index is 0.980. The van der Waals surface area contributed by atoms with Crippen LogP contribution in [0.2, 0.25) is 0 Å². The number of aromatic nitrogens is 2. The quantitative estimate of drug-likeness (QED) is 0.0243. The maximum Gasteiger partial charge on any atom is 0.356 e. The second-order valence-corrected chi connectivity index (χ2v) is 22.9. The van der Waals surface area contributed by atoms with E-state index in [9.17, 15) is 29.1 Å². The molecule has 1 fully saturated rings. The molecule has 5 aromatic carbocycles. The van der Waals surface area contributed by atoms with Crippen molar-refractivity contribution < 1.29 is 38.6 Å². The first-order chi connectivity index (χ1) is 39.0. The number of thioether (sulfide) groups is 1. The number of allylic oxidation sites excluding steroid dienone is 2. The van der Waals surface area contributed by atoms with Crippen molar-refractivity contribution in [3.8, 4) is 16.9 Å². The standard InChI is InChI=1S/C64H58N6O9S2/c1-62(2,3)78-60(76)63(4,5)79-68-52(49-40-81-61(65-49)67-64(46-27-15-8-16-28-46,47-29-17-9-18-30-47)48-31-19-10-20-32-48)56(73)66-53-57(74)70-54(59(75)77-55(41-22-11-6-12-23-41)42-24-13-7-14-25-42)44(39-80-58(53)70)26-21-34-69-35-33-43-36-50(71)51(72)37-45(43)38-69/h6-33,35-38,40,53,55,58,72H,34,39H2,1-5H3,(H,65,67)(H,66,73)/b26-21+,68-52-. The highest BCUT2D eigenvalue weighted by atomic mass is 32.2. The molecule has 4 heterocycles. The summed E-state index contributed by atoms with van der Waals surface area (Å²) in [6.45, 7) is 8.46. The van der Waals surface area contributed by atoms with Gasteiger partial charge < -0.3 is 34.6 Å². The number of amides is 2. The van der Waals surface area contributed by atoms with Gasteiger partial charge in [-0.15, -0.1) is 23.1 Å². The van der Waals surface area contributed by atoms with Crippen LogP contribution >= 0.6 is 23.1 Å². The second kappa shape index (κ2) is 23.3. The molecule has 2 unspecified atom stereocenters. The topological polar surface area (TPSA) is 191 Å². The van der Waals surface area contributed by atoms with E-state index in [-0.39, 0.29) is 28.6 Å². The van der Waals surface area contributed by atoms with Gasteiger partial charge in [0.25, 0.3) is 11.8 Å². The van der Waals surface area contributed by atoms with Crippen LogP contribution in [0.4, 0.5) is 5.13 Å². The molecule has 1 aliphatic carbocycles. The largest absolute Gasteiger partial charge is 0.504 e. The molecule has 3 N–H and O–H groups in total. The number of aromatic hydroxyl groups is 1. The van der Waals surface area contributed by atoms with E-state index in [1.54, 1.807) is 50.7 Å². The number of benzene rings is 6. The minimum absolute atomic E-state index is 0.0176. The van der Waals surface area contributed by atoms with Crippen molar-refractivity contribution in [1.82, 2.24) is 19.8 Å². The molecule has 0 saturated carbocycles. The van der Waals surface area contributed by atoms with E-state index in [2.05, 4.69) is 15.8 Å². The first kappa shape index (κ1) is 55.3. The molecule has 2 atom stereocenters. The zero-order chi connectivity index (χ0) is 56.9. The maximum atomic E-state index is 15.0. The summed E-state index contributed by atoms with van der Waals surface area (Å²) in [5, 5.41) is 22.4. The molecule has 81 heavy (non-hydrogen) atoms. The van der Waals surface area contributed by atoms with Crippen LogP contribution in [0.25, 0.3) is 11.1 Å². The maximum absolute atomic E-state index is 15.0. The van der Waals surface area contributed by atoms with Gasteiger partial charge in [-0.1, -0.05) is 169 Å². The van der Waals surface area contributed by atoms with E-state index in [0.29, 0.717) is 28.4 Å². The predicted octanol–water partition coefficient (Wildman–Crippen LogP) is 10.6. The Bertz CT molecular complexity index is 3580. The summed E-state index contributed by atoms with van der Waals surface area (Å²) in [6, 6.07) is 51.9. The number of nitrogens with one attached hydrogen (secondary N) is 2. The number of carbonyl (C=O) groups is 4. The van der Waals surface area contributed by atoms with Crippen molar-refractivity contribution in [2.45, 2.75) is 75.4 Å². The number of ether oxygens (including phenoxy) is 2. The van der Waals surface area contributed by atoms with Gasteiger partial charge in [0.1, 0.15) is 33.9 Å². The zero-order valence-corrected chi connectivity index (χ0v) is 46.7. The lowest BCUT2D eigenvalue weighted by Gasteiger charge is -2.49. The van der Waals surface area contributed by atoms with Gasteiger partial charge in [-0.2, -0.15) is 0 Å². The SMILES string of the molecule is CC(C)(C)OC(=O)C(C)(C)O/N=C(\C(=O)NC1C(=O)N2C(C(=O)OC(c3ccccc3)c3ccccc3)=C(/C=C/Cn3ccc4cc(=O)c(O)cc-4c3)CSC12)c1csc(NC(c2ccccc2)(c2ccccc2)c2ccccc2)n1. The smallest absolute Gasteiger partial charge is 0.356 e. The monoisotopic (exact) mass is 1120 g/mol. The van der Waals surface area contributed by atoms with E-state index >= 15 is 0 Å². The summed E-state index contributed by atoms with van der Waals surface area (Å²) in [5.41, 5.74) is 1.82. The fourth-order valence-electron chi connectivity index (χ4n) is 9.58. The van der Waals surface area contributed by atoms with Gasteiger partial charge in [0, 0.05) is 35.6 Å². The molecule has 1 aromatic heterocycles. The lowest BCUT2D eigenvalue weighted by Crippen LogP contribution is -2.71. The van der Waals surface area contributed by atoms with Crippen LogP contribution in [-0.4, -0.2) is 77.4 Å². The van der Waals surface area contributed by atoms with Gasteiger partial charge in [-0.3, -0.25) is 19.3 Å². The van der Waals surface area contributed by atoms with Crippen molar-refractivity contribution in [3.63, 3.8) is 0 Å². The van der Waals surface area contributed by atoms with Crippen molar-refractivity contribution in [2.75, 3.05) is 11.1 Å². The Labute approximate surface area is 477 Å². The third kappa shape index (κ3) is 12.0. The van der Waals surface area contributed by atoms with Crippen LogP contribution < -0.4 is 16.1 Å². The third-order valence-corrected chi connectivity index (χ3v) is 15.6. The van der Waals surface area contributed by atoms with Gasteiger partial charge in [0.15, 0.2) is 22.7 Å². The molecular formula is C64H58N6O9S2. The molecule has 1 saturated heterocycles. The molecule has 0 radical (unpaired) electrons. The summed E-state index contributed by atoms with van der Waals surface area (Å²) in [4.78, 5) is 82.5. The lowest BCUT2D eigenvalue weighted by molar-refractivity contribution is -0.179. The van der Waals surface area contributed by atoms with E-state index in [1.807, 2.05) is 162 Å². The normalized spacial score (nSPS) is 15.8. The van der Waals surface area contributed by atoms with Crippen molar-refractivity contribution >= 4 is 57.7 Å². The highest BCUT2D eigenvalue weighted by Gasteiger charge is 2.55. The zero-order valence-electron chi connectivity index (χ0n) is 45.0. The Morgan fingerprint density at radius 1 is 0.778 bits per heavy atom. The van der Waals surface area contributed by atoms with Crippen LogP contribution in [0.1, 0.15) is 74.2 Å². The van der Waals surface area contributed by atoms with Gasteiger partial charge >= 0.3 is 11.9 Å². The predicted molar refractivity (Wildman–Crippen MR) is 313 cm³/mol. The molecule has 17 heteroatoms. The molecule has 2 amide bonds. The van der Waals surface area contributed by atoms with Crippen LogP contribution in [0.5, 0.6) is 5.75 Å². The van der Waals surface area contributed by atoms with Crippen LogP contribution in [0.15, 0.2) is 221 Å². The summed E-state index contributed by atoms with van der Waals surface area (Å²) in [7, 11) is 0. The lowest BCUT2D eigenvalue weighted by atomic mass is 9.77. The number of hydrogen-bond acceptors (Lipinski definition) is 14. The number of nitrogens with zero attached hydrogens (tertiary/aromatic N) is 4. The fourth-order valence-corrected chi connectivity index (χ4v) is 11.7. The van der Waals surface area contributed by atoms with Gasteiger partial charge in [-0.05, 0) is 91.8 Å². The number of hydrogen-bond donors (Lipinski definition) is 3. The number of anilines is 1. The minimum atomic E-state index is -1.68. The average Bonchev–Trinajstić information content (AvgIpc) is 4.09. The number of phenolic OH excluding ortho intramolecular Hbond substituents is 1. The Hall–Kier alpha value is -9.06. The molecule has 6 aromatic rings. The van der Waals surface area contributed by atoms with E-state index in [1.165, 1.54) is 54.0 Å². The second-order valence-electron chi connectivity index (χ2n) is 20.9. The van der Waals surface area contributed by atoms with Gasteiger partial charge in [0.2, 0.25) is 11.0 Å². The first-order valence-electron chi connectivity index (χ1n) is 26.2. The Morgan fingerprint density at radius 3 is 1.91 bits per heavy atom. The molecule has 0 bridgehead atoms. The van der Waals surface area contributed by atoms with Crippen LogP contribution in [0, 0.1) is 0 Å². The van der Waals surface area contributed by atoms with E-state index < -0.39 is 63.4 Å². The van der Waals surface area contributed by atoms with Crippen LogP contribution in [-0.2, 0) is 45.6 Å². The Kier molecular flexibility index (Phi) is 15.9. The summed E-state index contributed by atoms with van der Waals surface area (Å²) in [6.07, 6.45) is 6.37. The number of fused-ring (bicyclic) bond motifs is 2. The van der Waals surface area contributed by atoms with E-state index in [0.717, 1.165) is 27.8 Å². The average molecular weight is 1120 g/mol. The number of carbonyl (C=O) groups excluding carboxylic acids is 4. The first-order valence-corrected chi connectivity index (χ1v) is 28.1. The third-order valence-electron chi connectivity index (χ3n) is 13.6. The van der Waals surface area contributed by atoms with Crippen molar-refractivity contribution in [3.05, 3.63) is 255 Å². The number of pyridine rings is 1. The summed E-state index contributed by atoms with van der Waals surface area (Å²) >= 11 is 2.58. The highest BCUT2D eigenvalue weighted by molar-refractivity contribution is 8.00. The molecule has 3 aliphatic heterocycles. The number of thiazole rings is 1. The minimum Gasteiger partial charge on any atom is -0.504 e. The molecule has 0 spiro atoms. The molecular weight excluding hydrogens is 1060 g/mol. The molecule has 10 rings (SSSR count). The van der Waals surface area contributed by atoms with Gasteiger partial charge in [0.05, 0.1) is 0 Å². The highest BCUT2D eigenvalue weighted by Crippen LogP contribution is 2.43. The number of rotatable bonds is 18. The number of oxime groups is 1. The summed E-state index contributed by atoms with van der Waals surface area (Å²) < 4.78 is 13.9. The molecule has 15 nitrogen and oxygen atoms in total. The molecule has 410 valence electrons. The van der Waals surface area contributed by atoms with Crippen molar-refractivity contribution in [1.29, 1.82) is 0 Å². The number of phenols is 1. The van der Waals surface area contributed by atoms with Crippen molar-refractivity contribution in [2.24, 2.45) is 5.16 Å². The fraction of sp³-hybridized carbons (Fsp3) is 0.203. The van der Waals surface area contributed by atoms with Crippen LogP contribution in [0.3, 0.4) is 0 Å².